The predicted molar refractivity (Wildman–Crippen MR) is 128 cm³/mol. The van der Waals surface area contributed by atoms with Gasteiger partial charge >= 0.3 is 6.09 Å². The average molecular weight is 460 g/mol. The third-order valence-corrected chi connectivity index (χ3v) is 7.45. The Balaban J connectivity index is 1.21. The fraction of sp³-hybridized carbons (Fsp3) is 0.250. The molecule has 6 rings (SSSR count). The standard InChI is InChI=1S/C28H23ClFNO2/c29-18-9-12-21(27(30)15-18)17-13-19-10-11-20(14-17)31(19)28(32)33-16-26-24-7-3-1-5-22(24)23-6-2-4-8-25(23)26/h1-9,12-13,15,19-20,26H,10-11,14,16H2. The fourth-order valence-corrected chi connectivity index (χ4v) is 5.89. The maximum Gasteiger partial charge on any atom is 0.410 e. The minimum atomic E-state index is -0.317. The molecule has 2 aliphatic heterocycles. The maximum atomic E-state index is 14.5. The number of hydrogen-bond acceptors (Lipinski definition) is 2. The van der Waals surface area contributed by atoms with Crippen LogP contribution in [0, 0.1) is 5.82 Å². The maximum absolute atomic E-state index is 14.5. The fourth-order valence-electron chi connectivity index (χ4n) is 5.73. The van der Waals surface area contributed by atoms with Gasteiger partial charge in [-0.3, -0.25) is 4.90 Å². The molecule has 0 saturated carbocycles. The Bertz CT molecular complexity index is 1240. The van der Waals surface area contributed by atoms with Crippen molar-refractivity contribution < 1.29 is 13.9 Å². The van der Waals surface area contributed by atoms with Crippen LogP contribution in [-0.2, 0) is 4.74 Å². The molecule has 1 aliphatic carbocycles. The van der Waals surface area contributed by atoms with Crippen LogP contribution in [0.25, 0.3) is 16.7 Å². The second kappa shape index (κ2) is 8.03. The summed E-state index contributed by atoms with van der Waals surface area (Å²) in [5, 5.41) is 0.385. The van der Waals surface area contributed by atoms with Gasteiger partial charge in [0.15, 0.2) is 0 Å². The van der Waals surface area contributed by atoms with Crippen LogP contribution in [-0.4, -0.2) is 29.7 Å². The van der Waals surface area contributed by atoms with E-state index in [2.05, 4.69) is 24.3 Å². The molecule has 1 saturated heterocycles. The lowest BCUT2D eigenvalue weighted by Gasteiger charge is -2.33. The van der Waals surface area contributed by atoms with Gasteiger partial charge in [0.25, 0.3) is 0 Å². The summed E-state index contributed by atoms with van der Waals surface area (Å²) in [7, 11) is 0. The molecule has 5 heteroatoms. The molecule has 3 nitrogen and oxygen atoms in total. The lowest BCUT2D eigenvalue weighted by molar-refractivity contribution is 0.0866. The minimum absolute atomic E-state index is 0.0285. The van der Waals surface area contributed by atoms with E-state index in [0.717, 1.165) is 18.4 Å². The highest BCUT2D eigenvalue weighted by atomic mass is 35.5. The number of ether oxygens (including phenoxy) is 1. The highest BCUT2D eigenvalue weighted by Gasteiger charge is 2.41. The Morgan fingerprint density at radius 2 is 1.67 bits per heavy atom. The summed E-state index contributed by atoms with van der Waals surface area (Å²) in [4.78, 5) is 15.0. The minimum Gasteiger partial charge on any atom is -0.448 e. The summed E-state index contributed by atoms with van der Waals surface area (Å²) >= 11 is 5.91. The van der Waals surface area contributed by atoms with E-state index in [1.807, 2.05) is 35.2 Å². The smallest absolute Gasteiger partial charge is 0.410 e. The molecular formula is C28H23ClFNO2. The normalized spacial score (nSPS) is 20.9. The number of amides is 1. The van der Waals surface area contributed by atoms with Gasteiger partial charge in [-0.2, -0.15) is 0 Å². The first kappa shape index (κ1) is 20.5. The van der Waals surface area contributed by atoms with Crippen LogP contribution in [0.4, 0.5) is 9.18 Å². The zero-order valence-electron chi connectivity index (χ0n) is 18.0. The Hall–Kier alpha value is -3.11. The number of fused-ring (bicyclic) bond motifs is 5. The van der Waals surface area contributed by atoms with Crippen LogP contribution in [0.15, 0.2) is 72.8 Å². The van der Waals surface area contributed by atoms with Crippen molar-refractivity contribution in [1.29, 1.82) is 0 Å². The SMILES string of the molecule is O=C(OCC1c2ccccc2-c2ccccc21)N1C2C=C(c3ccc(Cl)cc3F)CC1CC2. The molecule has 2 atom stereocenters. The molecule has 3 aromatic rings. The number of nitrogens with zero attached hydrogens (tertiary/aromatic N) is 1. The summed E-state index contributed by atoms with van der Waals surface area (Å²) in [6, 6.07) is 21.4. The Morgan fingerprint density at radius 3 is 2.33 bits per heavy atom. The third-order valence-electron chi connectivity index (χ3n) is 7.22. The monoisotopic (exact) mass is 459 g/mol. The molecule has 2 bridgehead atoms. The van der Waals surface area contributed by atoms with Crippen LogP contribution >= 0.6 is 11.6 Å². The van der Waals surface area contributed by atoms with Crippen LogP contribution in [0.5, 0.6) is 0 Å². The Morgan fingerprint density at radius 1 is 0.970 bits per heavy atom. The number of carbonyl (C=O) groups excluding carboxylic acids is 1. The molecule has 2 unspecified atom stereocenters. The average Bonchev–Trinajstić information content (AvgIpc) is 3.28. The first-order chi connectivity index (χ1) is 16.1. The second-order valence-electron chi connectivity index (χ2n) is 9.03. The number of rotatable bonds is 3. The van der Waals surface area contributed by atoms with Gasteiger partial charge in [0, 0.05) is 22.5 Å². The van der Waals surface area contributed by atoms with Crippen molar-refractivity contribution in [2.75, 3.05) is 6.61 Å². The van der Waals surface area contributed by atoms with E-state index >= 15 is 0 Å². The van der Waals surface area contributed by atoms with Crippen molar-refractivity contribution in [3.63, 3.8) is 0 Å². The molecule has 0 aromatic heterocycles. The van der Waals surface area contributed by atoms with Crippen molar-refractivity contribution in [2.24, 2.45) is 0 Å². The summed E-state index contributed by atoms with van der Waals surface area (Å²) < 4.78 is 20.4. The first-order valence-electron chi connectivity index (χ1n) is 11.4. The van der Waals surface area contributed by atoms with E-state index in [9.17, 15) is 9.18 Å². The number of halogens is 2. The molecular weight excluding hydrogens is 437 g/mol. The molecule has 3 aliphatic rings. The van der Waals surface area contributed by atoms with Crippen LogP contribution in [0.2, 0.25) is 5.02 Å². The molecule has 2 heterocycles. The van der Waals surface area contributed by atoms with Gasteiger partial charge in [-0.25, -0.2) is 9.18 Å². The highest BCUT2D eigenvalue weighted by molar-refractivity contribution is 6.30. The largest absolute Gasteiger partial charge is 0.448 e. The second-order valence-corrected chi connectivity index (χ2v) is 9.47. The molecule has 33 heavy (non-hydrogen) atoms. The summed E-state index contributed by atoms with van der Waals surface area (Å²) in [6.45, 7) is 0.311. The molecule has 0 N–H and O–H groups in total. The van der Waals surface area contributed by atoms with E-state index in [1.54, 1.807) is 12.1 Å². The lowest BCUT2D eigenvalue weighted by atomic mass is 9.94. The molecule has 166 valence electrons. The highest BCUT2D eigenvalue weighted by Crippen LogP contribution is 2.45. The number of carbonyl (C=O) groups is 1. The van der Waals surface area contributed by atoms with E-state index in [-0.39, 0.29) is 29.9 Å². The van der Waals surface area contributed by atoms with Gasteiger partial charge in [-0.15, -0.1) is 0 Å². The first-order valence-corrected chi connectivity index (χ1v) is 11.8. The quantitative estimate of drug-likeness (QED) is 0.420. The van der Waals surface area contributed by atoms with Gasteiger partial charge in [-0.1, -0.05) is 72.3 Å². The predicted octanol–water partition coefficient (Wildman–Crippen LogP) is 7.05. The van der Waals surface area contributed by atoms with Crippen molar-refractivity contribution in [3.05, 3.63) is 100 Å². The van der Waals surface area contributed by atoms with Crippen molar-refractivity contribution in [2.45, 2.75) is 37.3 Å². The summed E-state index contributed by atoms with van der Waals surface area (Å²) in [5.41, 5.74) is 6.35. The third kappa shape index (κ3) is 3.44. The summed E-state index contributed by atoms with van der Waals surface area (Å²) in [5.74, 6) is -0.277. The van der Waals surface area contributed by atoms with Gasteiger partial charge in [0.2, 0.25) is 0 Å². The molecule has 3 aromatic carbocycles. The summed E-state index contributed by atoms with van der Waals surface area (Å²) in [6.07, 6.45) is 4.13. The topological polar surface area (TPSA) is 29.5 Å². The van der Waals surface area contributed by atoms with Gasteiger partial charge in [0.05, 0.1) is 6.04 Å². The molecule has 1 amide bonds. The lowest BCUT2D eigenvalue weighted by Crippen LogP contribution is -2.43. The van der Waals surface area contributed by atoms with E-state index in [4.69, 9.17) is 16.3 Å². The molecule has 0 spiro atoms. The molecule has 0 radical (unpaired) electrons. The van der Waals surface area contributed by atoms with Crippen molar-refractivity contribution in [3.8, 4) is 11.1 Å². The number of hydrogen-bond donors (Lipinski definition) is 0. The van der Waals surface area contributed by atoms with E-state index in [0.29, 0.717) is 23.6 Å². The number of benzene rings is 3. The Labute approximate surface area is 197 Å². The zero-order chi connectivity index (χ0) is 22.5. The Kier molecular flexibility index (Phi) is 4.99. The van der Waals surface area contributed by atoms with Gasteiger partial charge in [0.1, 0.15) is 12.4 Å². The van der Waals surface area contributed by atoms with Crippen LogP contribution in [0.1, 0.15) is 41.9 Å². The van der Waals surface area contributed by atoms with Crippen molar-refractivity contribution >= 4 is 23.3 Å². The van der Waals surface area contributed by atoms with Crippen molar-refractivity contribution in [1.82, 2.24) is 4.90 Å². The van der Waals surface area contributed by atoms with Gasteiger partial charge < -0.3 is 4.74 Å². The van der Waals surface area contributed by atoms with E-state index in [1.165, 1.54) is 28.3 Å². The van der Waals surface area contributed by atoms with Gasteiger partial charge in [-0.05, 0) is 59.2 Å². The zero-order valence-corrected chi connectivity index (χ0v) is 18.8. The van der Waals surface area contributed by atoms with Crippen LogP contribution < -0.4 is 0 Å². The van der Waals surface area contributed by atoms with Crippen LogP contribution in [0.3, 0.4) is 0 Å². The molecule has 1 fully saturated rings. The van der Waals surface area contributed by atoms with E-state index < -0.39 is 0 Å².